The number of benzene rings is 2. The van der Waals surface area contributed by atoms with E-state index in [0.29, 0.717) is 23.1 Å². The fraction of sp³-hybridized carbons (Fsp3) is 0.143. The van der Waals surface area contributed by atoms with Gasteiger partial charge in [-0.2, -0.15) is 0 Å². The Labute approximate surface area is 126 Å². The Morgan fingerprint density at radius 2 is 1.95 bits per heavy atom. The van der Waals surface area contributed by atoms with E-state index >= 15 is 0 Å². The Morgan fingerprint density at radius 1 is 1.24 bits per heavy atom. The van der Waals surface area contributed by atoms with Crippen LogP contribution in [0.1, 0.15) is 5.56 Å². The summed E-state index contributed by atoms with van der Waals surface area (Å²) in [6, 6.07) is 9.45. The van der Waals surface area contributed by atoms with Crippen LogP contribution in [-0.2, 0) is 6.54 Å². The molecule has 2 aromatic rings. The molecule has 21 heavy (non-hydrogen) atoms. The lowest BCUT2D eigenvalue weighted by Crippen LogP contribution is -1.97. The number of methoxy groups -OCH3 is 1. The first-order valence-electron chi connectivity index (χ1n) is 6.04. The van der Waals surface area contributed by atoms with Crippen LogP contribution in [-0.4, -0.2) is 12.0 Å². The van der Waals surface area contributed by atoms with Crippen molar-refractivity contribution in [3.05, 3.63) is 57.1 Å². The van der Waals surface area contributed by atoms with Crippen LogP contribution in [0.5, 0.6) is 17.2 Å². The van der Waals surface area contributed by atoms with Crippen molar-refractivity contribution in [1.82, 2.24) is 0 Å². The van der Waals surface area contributed by atoms with E-state index in [1.165, 1.54) is 19.2 Å². The molecule has 0 aliphatic heterocycles. The van der Waals surface area contributed by atoms with Crippen molar-refractivity contribution in [2.75, 3.05) is 7.11 Å². The van der Waals surface area contributed by atoms with Crippen molar-refractivity contribution < 1.29 is 14.4 Å². The highest BCUT2D eigenvalue weighted by Crippen LogP contribution is 2.35. The lowest BCUT2D eigenvalue weighted by atomic mass is 10.2. The molecule has 0 fully saturated rings. The summed E-state index contributed by atoms with van der Waals surface area (Å²) in [7, 11) is 1.37. The molecule has 2 aromatic carbocycles. The second-order valence-corrected chi connectivity index (χ2v) is 4.57. The van der Waals surface area contributed by atoms with E-state index in [2.05, 4.69) is 0 Å². The summed E-state index contributed by atoms with van der Waals surface area (Å²) in [6.07, 6.45) is 0. The van der Waals surface area contributed by atoms with Gasteiger partial charge in [-0.15, -0.1) is 0 Å². The number of halogens is 1. The third kappa shape index (κ3) is 3.42. The van der Waals surface area contributed by atoms with Crippen LogP contribution in [0.2, 0.25) is 5.02 Å². The van der Waals surface area contributed by atoms with Gasteiger partial charge in [-0.1, -0.05) is 17.7 Å². The highest BCUT2D eigenvalue weighted by atomic mass is 35.5. The van der Waals surface area contributed by atoms with Crippen LogP contribution in [0.3, 0.4) is 0 Å². The summed E-state index contributed by atoms with van der Waals surface area (Å²) in [5.41, 5.74) is 6.21. The molecule has 110 valence electrons. The van der Waals surface area contributed by atoms with Gasteiger partial charge in [0.1, 0.15) is 11.5 Å². The second-order valence-electron chi connectivity index (χ2n) is 4.16. The minimum absolute atomic E-state index is 0.164. The predicted molar refractivity (Wildman–Crippen MR) is 79.1 cm³/mol. The minimum Gasteiger partial charge on any atom is -0.490 e. The molecule has 0 saturated heterocycles. The lowest BCUT2D eigenvalue weighted by molar-refractivity contribution is -0.385. The maximum Gasteiger partial charge on any atom is 0.314 e. The number of nitrogens with two attached hydrogens (primary N) is 1. The van der Waals surface area contributed by atoms with Gasteiger partial charge in [0.15, 0.2) is 5.75 Å². The van der Waals surface area contributed by atoms with Crippen molar-refractivity contribution in [2.45, 2.75) is 6.54 Å². The van der Waals surface area contributed by atoms with Gasteiger partial charge in [-0.25, -0.2) is 0 Å². The Bertz CT molecular complexity index is 676. The summed E-state index contributed by atoms with van der Waals surface area (Å²) in [5.74, 6) is 0.857. The van der Waals surface area contributed by atoms with Crippen LogP contribution in [0, 0.1) is 10.1 Å². The molecule has 2 N–H and O–H groups in total. The zero-order valence-electron chi connectivity index (χ0n) is 11.2. The van der Waals surface area contributed by atoms with Crippen LogP contribution < -0.4 is 15.2 Å². The fourth-order valence-corrected chi connectivity index (χ4v) is 2.00. The third-order valence-corrected chi connectivity index (χ3v) is 3.10. The number of nitro benzene ring substituents is 1. The first kappa shape index (κ1) is 15.1. The third-order valence-electron chi connectivity index (χ3n) is 2.81. The normalized spacial score (nSPS) is 10.2. The Balaban J connectivity index is 2.31. The number of hydrogen-bond donors (Lipinski definition) is 1. The van der Waals surface area contributed by atoms with Crippen LogP contribution in [0.25, 0.3) is 0 Å². The maximum atomic E-state index is 11.0. The number of ether oxygens (including phenoxy) is 2. The summed E-state index contributed by atoms with van der Waals surface area (Å²) < 4.78 is 10.5. The van der Waals surface area contributed by atoms with Gasteiger partial charge in [0.2, 0.25) is 0 Å². The van der Waals surface area contributed by atoms with E-state index in [0.717, 1.165) is 5.56 Å². The topological polar surface area (TPSA) is 87.6 Å². The first-order valence-corrected chi connectivity index (χ1v) is 6.41. The van der Waals surface area contributed by atoms with E-state index in [9.17, 15) is 10.1 Å². The molecule has 0 spiro atoms. The first-order chi connectivity index (χ1) is 10.0. The van der Waals surface area contributed by atoms with Gasteiger partial charge < -0.3 is 15.2 Å². The van der Waals surface area contributed by atoms with Gasteiger partial charge in [-0.05, 0) is 29.8 Å². The Kier molecular flexibility index (Phi) is 4.62. The van der Waals surface area contributed by atoms with Crippen LogP contribution in [0.15, 0.2) is 36.4 Å². The molecule has 7 heteroatoms. The van der Waals surface area contributed by atoms with E-state index in [1.807, 2.05) is 0 Å². The molecule has 0 radical (unpaired) electrons. The smallest absolute Gasteiger partial charge is 0.314 e. The van der Waals surface area contributed by atoms with Crippen molar-refractivity contribution in [3.63, 3.8) is 0 Å². The zero-order chi connectivity index (χ0) is 15.4. The molecular formula is C14H13ClN2O4. The minimum atomic E-state index is -0.537. The van der Waals surface area contributed by atoms with Crippen molar-refractivity contribution in [3.8, 4) is 17.2 Å². The van der Waals surface area contributed by atoms with Gasteiger partial charge in [0, 0.05) is 6.54 Å². The molecule has 2 rings (SSSR count). The van der Waals surface area contributed by atoms with E-state index < -0.39 is 4.92 Å². The van der Waals surface area contributed by atoms with Crippen molar-refractivity contribution in [1.29, 1.82) is 0 Å². The summed E-state index contributed by atoms with van der Waals surface area (Å²) in [5, 5.41) is 11.4. The summed E-state index contributed by atoms with van der Waals surface area (Å²) >= 11 is 6.08. The molecule has 6 nitrogen and oxygen atoms in total. The molecule has 0 unspecified atom stereocenters. The Morgan fingerprint density at radius 3 is 2.52 bits per heavy atom. The van der Waals surface area contributed by atoms with Crippen molar-refractivity contribution in [2.24, 2.45) is 5.73 Å². The molecule has 0 atom stereocenters. The standard InChI is InChI=1S/C14H13ClN2O4/c1-20-14-5-3-10(7-12(14)17(18)19)21-13-4-2-9(8-16)6-11(13)15/h2-7H,8,16H2,1H3. The van der Waals surface area contributed by atoms with E-state index in [4.69, 9.17) is 26.8 Å². The second kappa shape index (κ2) is 6.43. The van der Waals surface area contributed by atoms with Crippen LogP contribution in [0.4, 0.5) is 5.69 Å². The van der Waals surface area contributed by atoms with Crippen LogP contribution >= 0.6 is 11.6 Å². The van der Waals surface area contributed by atoms with E-state index in [-0.39, 0.29) is 11.4 Å². The number of rotatable bonds is 5. The molecule has 0 heterocycles. The highest BCUT2D eigenvalue weighted by molar-refractivity contribution is 6.32. The largest absolute Gasteiger partial charge is 0.490 e. The van der Waals surface area contributed by atoms with Gasteiger partial charge in [0.25, 0.3) is 0 Å². The van der Waals surface area contributed by atoms with E-state index in [1.54, 1.807) is 24.3 Å². The molecule has 0 bridgehead atoms. The maximum absolute atomic E-state index is 11.0. The molecule has 0 amide bonds. The zero-order valence-corrected chi connectivity index (χ0v) is 12.0. The van der Waals surface area contributed by atoms with Gasteiger partial charge in [0.05, 0.1) is 23.1 Å². The van der Waals surface area contributed by atoms with Gasteiger partial charge >= 0.3 is 5.69 Å². The SMILES string of the molecule is COc1ccc(Oc2ccc(CN)cc2Cl)cc1[N+](=O)[O-]. The molecule has 0 aliphatic carbocycles. The molecule has 0 saturated carbocycles. The highest BCUT2D eigenvalue weighted by Gasteiger charge is 2.16. The summed E-state index contributed by atoms with van der Waals surface area (Å²) in [6.45, 7) is 0.369. The average Bonchev–Trinajstić information content (AvgIpc) is 2.49. The Hall–Kier alpha value is -2.31. The average molecular weight is 309 g/mol. The monoisotopic (exact) mass is 308 g/mol. The van der Waals surface area contributed by atoms with Gasteiger partial charge in [-0.3, -0.25) is 10.1 Å². The molecule has 0 aromatic heterocycles. The number of nitro groups is 1. The van der Waals surface area contributed by atoms with Crippen molar-refractivity contribution >= 4 is 17.3 Å². The predicted octanol–water partition coefficient (Wildman–Crippen LogP) is 3.51. The number of nitrogens with zero attached hydrogens (tertiary/aromatic N) is 1. The summed E-state index contributed by atoms with van der Waals surface area (Å²) in [4.78, 5) is 10.4. The lowest BCUT2D eigenvalue weighted by Gasteiger charge is -2.09. The molecule has 0 aliphatic rings. The number of hydrogen-bond acceptors (Lipinski definition) is 5. The molecular weight excluding hydrogens is 296 g/mol. The quantitative estimate of drug-likeness (QED) is 0.674. The fourth-order valence-electron chi connectivity index (χ4n) is 1.76.